The van der Waals surface area contributed by atoms with Crippen molar-refractivity contribution in [3.8, 4) is 0 Å². The van der Waals surface area contributed by atoms with Gasteiger partial charge in [-0.1, -0.05) is 6.07 Å². The maximum Gasteiger partial charge on any atom is 0.202 e. The minimum atomic E-state index is -0.577. The summed E-state index contributed by atoms with van der Waals surface area (Å²) >= 11 is 1.18. The molecule has 1 heterocycles. The predicted octanol–water partition coefficient (Wildman–Crippen LogP) is 2.43. The molecule has 0 bridgehead atoms. The van der Waals surface area contributed by atoms with E-state index in [9.17, 15) is 8.78 Å². The molecule has 0 aliphatic heterocycles. The normalized spacial score (nSPS) is 10.3. The summed E-state index contributed by atoms with van der Waals surface area (Å²) < 4.78 is 29.5. The zero-order chi connectivity index (χ0) is 10.7. The zero-order valence-electron chi connectivity index (χ0n) is 7.58. The van der Waals surface area contributed by atoms with Crippen LogP contribution in [-0.2, 0) is 6.54 Å². The van der Waals surface area contributed by atoms with Gasteiger partial charge in [-0.15, -0.1) is 0 Å². The number of hydrogen-bond donors (Lipinski definition) is 1. The van der Waals surface area contributed by atoms with Gasteiger partial charge in [-0.2, -0.15) is 4.37 Å². The number of anilines is 1. The lowest BCUT2D eigenvalue weighted by Crippen LogP contribution is -2.01. The highest BCUT2D eigenvalue weighted by atomic mass is 32.1. The van der Waals surface area contributed by atoms with E-state index >= 15 is 0 Å². The molecule has 2 aromatic rings. The molecule has 1 aromatic carbocycles. The van der Waals surface area contributed by atoms with Crippen LogP contribution in [0.25, 0.3) is 0 Å². The summed E-state index contributed by atoms with van der Waals surface area (Å²) in [6.07, 6.45) is 1.41. The fourth-order valence-corrected chi connectivity index (χ4v) is 1.51. The molecule has 2 rings (SSSR count). The highest BCUT2D eigenvalue weighted by Crippen LogP contribution is 2.13. The Hall–Kier alpha value is -1.56. The molecule has 0 atom stereocenters. The van der Waals surface area contributed by atoms with Crippen molar-refractivity contribution >= 4 is 16.7 Å². The Bertz CT molecular complexity index is 445. The van der Waals surface area contributed by atoms with Crippen LogP contribution >= 0.6 is 11.5 Å². The average Bonchev–Trinajstić information content (AvgIpc) is 2.69. The van der Waals surface area contributed by atoms with Crippen LogP contribution in [0.3, 0.4) is 0 Å². The van der Waals surface area contributed by atoms with Crippen LogP contribution in [0.2, 0.25) is 0 Å². The number of aromatic nitrogens is 2. The van der Waals surface area contributed by atoms with Gasteiger partial charge >= 0.3 is 0 Å². The van der Waals surface area contributed by atoms with Crippen molar-refractivity contribution in [2.24, 2.45) is 0 Å². The lowest BCUT2D eigenvalue weighted by atomic mass is 10.2. The first-order valence-corrected chi connectivity index (χ1v) is 4.97. The number of benzene rings is 1. The van der Waals surface area contributed by atoms with E-state index in [4.69, 9.17) is 0 Å². The summed E-state index contributed by atoms with van der Waals surface area (Å²) in [7, 11) is 0. The molecule has 0 saturated carbocycles. The predicted molar refractivity (Wildman–Crippen MR) is 53.6 cm³/mol. The topological polar surface area (TPSA) is 37.8 Å². The van der Waals surface area contributed by atoms with E-state index in [0.29, 0.717) is 10.7 Å². The van der Waals surface area contributed by atoms with E-state index in [1.807, 2.05) is 0 Å². The molecule has 0 spiro atoms. The van der Waals surface area contributed by atoms with Crippen molar-refractivity contribution in [3.05, 3.63) is 41.7 Å². The van der Waals surface area contributed by atoms with E-state index in [0.717, 1.165) is 6.07 Å². The fraction of sp³-hybridized carbons (Fsp3) is 0.111. The Balaban J connectivity index is 2.05. The second-order valence-electron chi connectivity index (χ2n) is 2.84. The molecule has 1 aromatic heterocycles. The lowest BCUT2D eigenvalue weighted by molar-refractivity contribution is 0.574. The van der Waals surface area contributed by atoms with E-state index in [2.05, 4.69) is 14.7 Å². The molecule has 1 N–H and O–H groups in total. The zero-order valence-corrected chi connectivity index (χ0v) is 8.39. The number of nitrogens with zero attached hydrogens (tertiary/aromatic N) is 2. The molecule has 0 aliphatic rings. The molecule has 3 nitrogen and oxygen atoms in total. The molecular weight excluding hydrogens is 220 g/mol. The first kappa shape index (κ1) is 9.97. The Morgan fingerprint density at radius 2 is 2.20 bits per heavy atom. The number of hydrogen-bond acceptors (Lipinski definition) is 4. The third kappa shape index (κ3) is 2.47. The van der Waals surface area contributed by atoms with Gasteiger partial charge in [0.2, 0.25) is 5.13 Å². The van der Waals surface area contributed by atoms with Crippen molar-refractivity contribution in [2.75, 3.05) is 5.32 Å². The molecule has 78 valence electrons. The summed E-state index contributed by atoms with van der Waals surface area (Å²) in [4.78, 5) is 3.88. The summed E-state index contributed by atoms with van der Waals surface area (Å²) in [5, 5.41) is 3.49. The first-order valence-electron chi connectivity index (χ1n) is 4.20. The summed E-state index contributed by atoms with van der Waals surface area (Å²) in [6.45, 7) is 0.265. The standard InChI is InChI=1S/C9H7F2N3S/c10-7-2-1-6(8(11)3-7)4-12-9-13-5-14-15-9/h1-3,5H,4H2,(H,12,13,14). The monoisotopic (exact) mass is 227 g/mol. The minimum absolute atomic E-state index is 0.265. The average molecular weight is 227 g/mol. The van der Waals surface area contributed by atoms with Crippen molar-refractivity contribution in [1.29, 1.82) is 0 Å². The van der Waals surface area contributed by atoms with Gasteiger partial charge in [0, 0.05) is 29.7 Å². The van der Waals surface area contributed by atoms with Crippen LogP contribution in [0.5, 0.6) is 0 Å². The van der Waals surface area contributed by atoms with Crippen molar-refractivity contribution in [1.82, 2.24) is 9.36 Å². The molecule has 0 radical (unpaired) electrons. The third-order valence-electron chi connectivity index (χ3n) is 1.81. The second-order valence-corrected chi connectivity index (χ2v) is 3.62. The van der Waals surface area contributed by atoms with Gasteiger partial charge in [-0.3, -0.25) is 0 Å². The van der Waals surface area contributed by atoms with Crippen LogP contribution in [-0.4, -0.2) is 9.36 Å². The van der Waals surface area contributed by atoms with Gasteiger partial charge < -0.3 is 5.32 Å². The molecule has 15 heavy (non-hydrogen) atoms. The van der Waals surface area contributed by atoms with E-state index in [1.54, 1.807) is 0 Å². The summed E-state index contributed by atoms with van der Waals surface area (Å²) in [6, 6.07) is 3.48. The van der Waals surface area contributed by atoms with Gasteiger partial charge in [0.05, 0.1) is 0 Å². The lowest BCUT2D eigenvalue weighted by Gasteiger charge is -2.03. The van der Waals surface area contributed by atoms with Gasteiger partial charge in [0.15, 0.2) is 0 Å². The van der Waals surface area contributed by atoms with Gasteiger partial charge in [-0.05, 0) is 6.07 Å². The van der Waals surface area contributed by atoms with Gasteiger partial charge in [-0.25, -0.2) is 13.8 Å². The Morgan fingerprint density at radius 1 is 1.33 bits per heavy atom. The quantitative estimate of drug-likeness (QED) is 0.875. The minimum Gasteiger partial charge on any atom is -0.356 e. The van der Waals surface area contributed by atoms with Crippen molar-refractivity contribution < 1.29 is 8.78 Å². The van der Waals surface area contributed by atoms with Crippen LogP contribution in [0.4, 0.5) is 13.9 Å². The van der Waals surface area contributed by atoms with Gasteiger partial charge in [0.25, 0.3) is 0 Å². The summed E-state index contributed by atoms with van der Waals surface area (Å²) in [5.74, 6) is -1.14. The highest BCUT2D eigenvalue weighted by Gasteiger charge is 2.04. The smallest absolute Gasteiger partial charge is 0.202 e. The molecular formula is C9H7F2N3S. The van der Waals surface area contributed by atoms with E-state index in [1.165, 1.54) is 30.0 Å². The molecule has 0 aliphatic carbocycles. The number of halogens is 2. The Morgan fingerprint density at radius 3 is 2.87 bits per heavy atom. The molecule has 0 saturated heterocycles. The Kier molecular flexibility index (Phi) is 2.86. The maximum absolute atomic E-state index is 13.2. The Labute approximate surface area is 89.0 Å². The molecule has 0 unspecified atom stereocenters. The van der Waals surface area contributed by atoms with Crippen LogP contribution in [0, 0.1) is 11.6 Å². The van der Waals surface area contributed by atoms with Gasteiger partial charge in [0.1, 0.15) is 18.0 Å². The van der Waals surface area contributed by atoms with Crippen molar-refractivity contribution in [3.63, 3.8) is 0 Å². The third-order valence-corrected chi connectivity index (χ3v) is 2.43. The van der Waals surface area contributed by atoms with Crippen LogP contribution in [0.1, 0.15) is 5.56 Å². The maximum atomic E-state index is 13.2. The first-order chi connectivity index (χ1) is 7.25. The fourth-order valence-electron chi connectivity index (χ4n) is 1.09. The van der Waals surface area contributed by atoms with E-state index < -0.39 is 11.6 Å². The highest BCUT2D eigenvalue weighted by molar-refractivity contribution is 7.09. The SMILES string of the molecule is Fc1ccc(CNc2ncns2)c(F)c1. The summed E-state index contributed by atoms with van der Waals surface area (Å²) in [5.41, 5.74) is 0.395. The molecule has 0 amide bonds. The van der Waals surface area contributed by atoms with E-state index in [-0.39, 0.29) is 6.54 Å². The molecule has 6 heteroatoms. The van der Waals surface area contributed by atoms with Crippen LogP contribution < -0.4 is 5.32 Å². The number of rotatable bonds is 3. The molecule has 0 fully saturated rings. The number of nitrogens with one attached hydrogen (secondary N) is 1. The van der Waals surface area contributed by atoms with Crippen molar-refractivity contribution in [2.45, 2.75) is 6.54 Å². The second kappa shape index (κ2) is 4.31. The largest absolute Gasteiger partial charge is 0.356 e. The van der Waals surface area contributed by atoms with Crippen LogP contribution in [0.15, 0.2) is 24.5 Å².